The summed E-state index contributed by atoms with van der Waals surface area (Å²) in [4.78, 5) is 10.9. The Morgan fingerprint density at radius 2 is 2.09 bits per heavy atom. The lowest BCUT2D eigenvalue weighted by Gasteiger charge is -2.31. The second-order valence-electron chi connectivity index (χ2n) is 2.58. The molecule has 0 radical (unpaired) electrons. The van der Waals surface area contributed by atoms with E-state index in [0.717, 1.165) is 0 Å². The fourth-order valence-corrected chi connectivity index (χ4v) is 1.45. The monoisotopic (exact) mass is 178 g/mol. The van der Waals surface area contributed by atoms with Gasteiger partial charge in [0, 0.05) is 33.2 Å². The maximum absolute atomic E-state index is 10.9. The molecule has 0 aromatic heterocycles. The largest absolute Gasteiger partial charge is 0.381 e. The van der Waals surface area contributed by atoms with Crippen LogP contribution in [0.15, 0.2) is 0 Å². The van der Waals surface area contributed by atoms with Crippen LogP contribution in [0.5, 0.6) is 0 Å². The maximum Gasteiger partial charge on any atom is 0.253 e. The number of carbonyl (C=O) groups excluding carboxylic acids is 1. The second-order valence-corrected chi connectivity index (χ2v) is 2.93. The third-order valence-corrected chi connectivity index (χ3v) is 2.39. The zero-order valence-electron chi connectivity index (χ0n) is 6.43. The smallest absolute Gasteiger partial charge is 0.253 e. The molecule has 0 spiro atoms. The molecular formula is C7H11ClO3. The molecule has 0 saturated carbocycles. The van der Waals surface area contributed by atoms with Gasteiger partial charge < -0.3 is 9.47 Å². The molecule has 0 bridgehead atoms. The van der Waals surface area contributed by atoms with Gasteiger partial charge in [-0.25, -0.2) is 0 Å². The van der Waals surface area contributed by atoms with Crippen molar-refractivity contribution in [2.45, 2.75) is 18.4 Å². The Labute approximate surface area is 70.6 Å². The Morgan fingerprint density at radius 3 is 2.36 bits per heavy atom. The van der Waals surface area contributed by atoms with Gasteiger partial charge in [0.25, 0.3) is 5.24 Å². The molecule has 1 aliphatic heterocycles. The zero-order valence-corrected chi connectivity index (χ0v) is 7.19. The Hall–Kier alpha value is -0.120. The number of methoxy groups -OCH3 is 1. The molecule has 0 N–H and O–H groups in total. The van der Waals surface area contributed by atoms with E-state index in [-0.39, 0.29) is 0 Å². The number of rotatable bonds is 2. The van der Waals surface area contributed by atoms with Crippen LogP contribution in [0.2, 0.25) is 0 Å². The summed E-state index contributed by atoms with van der Waals surface area (Å²) in [7, 11) is 1.51. The standard InChI is InChI=1S/C7H11ClO3/c1-10-7(6(8)9)2-4-11-5-3-7/h2-5H2,1H3. The van der Waals surface area contributed by atoms with E-state index < -0.39 is 10.8 Å². The minimum atomic E-state index is -0.778. The molecule has 1 saturated heterocycles. The highest BCUT2D eigenvalue weighted by molar-refractivity contribution is 6.65. The van der Waals surface area contributed by atoms with Gasteiger partial charge >= 0.3 is 0 Å². The van der Waals surface area contributed by atoms with Crippen LogP contribution in [-0.4, -0.2) is 31.2 Å². The van der Waals surface area contributed by atoms with Crippen LogP contribution in [-0.2, 0) is 14.3 Å². The highest BCUT2D eigenvalue weighted by Gasteiger charge is 2.38. The summed E-state index contributed by atoms with van der Waals surface area (Å²) in [6.45, 7) is 1.10. The molecule has 11 heavy (non-hydrogen) atoms. The average Bonchev–Trinajstić information content (AvgIpc) is 2.05. The molecule has 0 amide bonds. The molecular weight excluding hydrogens is 168 g/mol. The van der Waals surface area contributed by atoms with E-state index in [0.29, 0.717) is 26.1 Å². The topological polar surface area (TPSA) is 35.5 Å². The number of halogens is 1. The molecule has 0 aliphatic carbocycles. The van der Waals surface area contributed by atoms with Crippen LogP contribution >= 0.6 is 11.6 Å². The SMILES string of the molecule is COC1(C(=O)Cl)CCOCC1. The molecule has 1 rings (SSSR count). The summed E-state index contributed by atoms with van der Waals surface area (Å²) >= 11 is 5.39. The van der Waals surface area contributed by atoms with E-state index in [9.17, 15) is 4.79 Å². The van der Waals surface area contributed by atoms with E-state index in [2.05, 4.69) is 0 Å². The predicted molar refractivity (Wildman–Crippen MR) is 40.7 cm³/mol. The van der Waals surface area contributed by atoms with Crippen molar-refractivity contribution < 1.29 is 14.3 Å². The highest BCUT2D eigenvalue weighted by atomic mass is 35.5. The molecule has 1 fully saturated rings. The quantitative estimate of drug-likeness (QED) is 0.591. The maximum atomic E-state index is 10.9. The van der Waals surface area contributed by atoms with Crippen molar-refractivity contribution in [1.82, 2.24) is 0 Å². The van der Waals surface area contributed by atoms with Gasteiger partial charge in [-0.15, -0.1) is 0 Å². The average molecular weight is 179 g/mol. The van der Waals surface area contributed by atoms with Crippen molar-refractivity contribution in [3.05, 3.63) is 0 Å². The summed E-state index contributed by atoms with van der Waals surface area (Å²) in [5.41, 5.74) is -0.778. The summed E-state index contributed by atoms with van der Waals surface area (Å²) in [6, 6.07) is 0. The van der Waals surface area contributed by atoms with Crippen LogP contribution < -0.4 is 0 Å². The first-order valence-electron chi connectivity index (χ1n) is 3.54. The van der Waals surface area contributed by atoms with Gasteiger partial charge in [-0.3, -0.25) is 4.79 Å². The van der Waals surface area contributed by atoms with Crippen molar-refractivity contribution in [2.24, 2.45) is 0 Å². The van der Waals surface area contributed by atoms with E-state index in [1.807, 2.05) is 0 Å². The first kappa shape index (κ1) is 8.97. The third-order valence-electron chi connectivity index (χ3n) is 2.05. The lowest BCUT2D eigenvalue weighted by atomic mass is 9.96. The Kier molecular flexibility index (Phi) is 2.87. The van der Waals surface area contributed by atoms with Crippen molar-refractivity contribution in [3.63, 3.8) is 0 Å². The van der Waals surface area contributed by atoms with Crippen molar-refractivity contribution >= 4 is 16.8 Å². The zero-order chi connectivity index (χ0) is 8.32. The Morgan fingerprint density at radius 1 is 1.55 bits per heavy atom. The first-order chi connectivity index (χ1) is 5.21. The fourth-order valence-electron chi connectivity index (χ4n) is 1.18. The van der Waals surface area contributed by atoms with Gasteiger partial charge in [-0.05, 0) is 11.6 Å². The molecule has 64 valence electrons. The van der Waals surface area contributed by atoms with Crippen molar-refractivity contribution in [1.29, 1.82) is 0 Å². The van der Waals surface area contributed by atoms with E-state index >= 15 is 0 Å². The van der Waals surface area contributed by atoms with Gasteiger partial charge in [0.05, 0.1) is 0 Å². The number of hydrogen-bond acceptors (Lipinski definition) is 3. The minimum Gasteiger partial charge on any atom is -0.381 e. The molecule has 0 atom stereocenters. The molecule has 1 aliphatic rings. The normalized spacial score (nSPS) is 23.1. The highest BCUT2D eigenvalue weighted by Crippen LogP contribution is 2.26. The lowest BCUT2D eigenvalue weighted by Crippen LogP contribution is -2.43. The molecule has 1 heterocycles. The number of ether oxygens (including phenoxy) is 2. The number of hydrogen-bond donors (Lipinski definition) is 0. The Bertz CT molecular complexity index is 152. The van der Waals surface area contributed by atoms with Crippen LogP contribution in [0.1, 0.15) is 12.8 Å². The summed E-state index contributed by atoms with van der Waals surface area (Å²) in [6.07, 6.45) is 1.12. The van der Waals surface area contributed by atoms with Gasteiger partial charge in [0.1, 0.15) is 5.60 Å². The van der Waals surface area contributed by atoms with Crippen molar-refractivity contribution in [3.8, 4) is 0 Å². The third kappa shape index (κ3) is 1.72. The molecule has 0 unspecified atom stereocenters. The molecule has 3 nitrogen and oxygen atoms in total. The van der Waals surface area contributed by atoms with Gasteiger partial charge in [-0.1, -0.05) is 0 Å². The summed E-state index contributed by atoms with van der Waals surface area (Å²) < 4.78 is 10.2. The van der Waals surface area contributed by atoms with Crippen LogP contribution in [0.25, 0.3) is 0 Å². The Balaban J connectivity index is 2.64. The van der Waals surface area contributed by atoms with Gasteiger partial charge in [-0.2, -0.15) is 0 Å². The lowest BCUT2D eigenvalue weighted by molar-refractivity contribution is -0.143. The van der Waals surface area contributed by atoms with E-state index in [1.165, 1.54) is 7.11 Å². The van der Waals surface area contributed by atoms with E-state index in [1.54, 1.807) is 0 Å². The van der Waals surface area contributed by atoms with Gasteiger partial charge in [0.2, 0.25) is 0 Å². The van der Waals surface area contributed by atoms with E-state index in [4.69, 9.17) is 21.1 Å². The molecule has 0 aromatic rings. The fraction of sp³-hybridized carbons (Fsp3) is 0.857. The second kappa shape index (κ2) is 3.52. The number of carbonyl (C=O) groups is 1. The van der Waals surface area contributed by atoms with Crippen molar-refractivity contribution in [2.75, 3.05) is 20.3 Å². The first-order valence-corrected chi connectivity index (χ1v) is 3.92. The molecule has 0 aromatic carbocycles. The minimum absolute atomic E-state index is 0.414. The van der Waals surface area contributed by atoms with Crippen LogP contribution in [0, 0.1) is 0 Å². The van der Waals surface area contributed by atoms with Crippen LogP contribution in [0.4, 0.5) is 0 Å². The summed E-state index contributed by atoms with van der Waals surface area (Å²) in [5.74, 6) is 0. The molecule has 4 heteroatoms. The predicted octanol–water partition coefficient (Wildman–Crippen LogP) is 0.947. The van der Waals surface area contributed by atoms with Crippen LogP contribution in [0.3, 0.4) is 0 Å². The summed E-state index contributed by atoms with van der Waals surface area (Å²) in [5, 5.41) is -0.414. The van der Waals surface area contributed by atoms with Gasteiger partial charge in [0.15, 0.2) is 0 Å².